The van der Waals surface area contributed by atoms with Crippen LogP contribution in [0.2, 0.25) is 0 Å². The molecular formula is C9H15N5. The molecule has 0 aliphatic heterocycles. The predicted octanol–water partition coefficient (Wildman–Crippen LogP) is 0.886. The van der Waals surface area contributed by atoms with E-state index in [4.69, 9.17) is 0 Å². The van der Waals surface area contributed by atoms with Gasteiger partial charge in [0.1, 0.15) is 6.33 Å². The quantitative estimate of drug-likeness (QED) is 0.670. The van der Waals surface area contributed by atoms with E-state index >= 15 is 0 Å². The molecule has 0 aliphatic carbocycles. The van der Waals surface area contributed by atoms with Crippen molar-refractivity contribution in [3.8, 4) is 0 Å². The van der Waals surface area contributed by atoms with Gasteiger partial charge in [-0.15, -0.1) is 10.2 Å². The molecule has 0 unspecified atom stereocenters. The van der Waals surface area contributed by atoms with Gasteiger partial charge in [0.05, 0.1) is 5.71 Å². The van der Waals surface area contributed by atoms with Crippen molar-refractivity contribution in [3.63, 3.8) is 0 Å². The molecule has 0 aromatic carbocycles. The summed E-state index contributed by atoms with van der Waals surface area (Å²) in [4.78, 5) is 1.96. The molecule has 0 N–H and O–H groups in total. The van der Waals surface area contributed by atoms with E-state index in [2.05, 4.69) is 15.3 Å². The summed E-state index contributed by atoms with van der Waals surface area (Å²) in [5.41, 5.74) is 0.904. The minimum atomic E-state index is 0.780. The van der Waals surface area contributed by atoms with Crippen LogP contribution in [0.4, 0.5) is 0 Å². The fourth-order valence-electron chi connectivity index (χ4n) is 0.846. The van der Waals surface area contributed by atoms with Crippen molar-refractivity contribution in [2.24, 2.45) is 5.10 Å². The molecule has 5 nitrogen and oxygen atoms in total. The molecule has 1 aromatic rings. The summed E-state index contributed by atoms with van der Waals surface area (Å²) in [6, 6.07) is 0. The van der Waals surface area contributed by atoms with Gasteiger partial charge < -0.3 is 4.90 Å². The van der Waals surface area contributed by atoms with Crippen molar-refractivity contribution in [3.05, 3.63) is 24.4 Å². The van der Waals surface area contributed by atoms with E-state index < -0.39 is 0 Å². The van der Waals surface area contributed by atoms with Crippen molar-refractivity contribution in [2.75, 3.05) is 14.1 Å². The van der Waals surface area contributed by atoms with Gasteiger partial charge in [0, 0.05) is 20.3 Å². The lowest BCUT2D eigenvalue weighted by molar-refractivity contribution is 0.564. The molecule has 1 aromatic heterocycles. The van der Waals surface area contributed by atoms with Crippen molar-refractivity contribution in [2.45, 2.75) is 13.8 Å². The Labute approximate surface area is 83.7 Å². The Morgan fingerprint density at radius 2 is 2.29 bits per heavy atom. The SMILES string of the molecule is CC(/C=C/N(C)C)=N\n1cnnc1C. The predicted molar refractivity (Wildman–Crippen MR) is 56.1 cm³/mol. The maximum Gasteiger partial charge on any atom is 0.151 e. The van der Waals surface area contributed by atoms with E-state index in [1.54, 1.807) is 11.0 Å². The van der Waals surface area contributed by atoms with Gasteiger partial charge in [0.15, 0.2) is 5.82 Å². The first-order chi connectivity index (χ1) is 6.59. The Balaban J connectivity index is 2.74. The monoisotopic (exact) mass is 193 g/mol. The zero-order chi connectivity index (χ0) is 10.6. The van der Waals surface area contributed by atoms with Gasteiger partial charge >= 0.3 is 0 Å². The second-order valence-electron chi connectivity index (χ2n) is 3.24. The van der Waals surface area contributed by atoms with E-state index in [1.165, 1.54) is 0 Å². The molecule has 1 heterocycles. The van der Waals surface area contributed by atoms with E-state index in [9.17, 15) is 0 Å². The van der Waals surface area contributed by atoms with Gasteiger partial charge in [-0.2, -0.15) is 5.10 Å². The summed E-state index contributed by atoms with van der Waals surface area (Å²) in [5, 5.41) is 11.9. The van der Waals surface area contributed by atoms with E-state index in [-0.39, 0.29) is 0 Å². The summed E-state index contributed by atoms with van der Waals surface area (Å²) in [7, 11) is 3.93. The molecule has 0 radical (unpaired) electrons. The highest BCUT2D eigenvalue weighted by atomic mass is 15.4. The molecule has 0 atom stereocenters. The Morgan fingerprint density at radius 3 is 2.79 bits per heavy atom. The zero-order valence-electron chi connectivity index (χ0n) is 8.97. The van der Waals surface area contributed by atoms with Gasteiger partial charge in [-0.3, -0.25) is 0 Å². The van der Waals surface area contributed by atoms with Gasteiger partial charge in [0.2, 0.25) is 0 Å². The molecule has 0 saturated heterocycles. The molecule has 0 aliphatic rings. The summed E-state index contributed by atoms with van der Waals surface area (Å²) in [6.07, 6.45) is 5.46. The van der Waals surface area contributed by atoms with Crippen molar-refractivity contribution >= 4 is 5.71 Å². The molecule has 0 spiro atoms. The molecule has 0 amide bonds. The maximum atomic E-state index is 4.29. The Kier molecular flexibility index (Phi) is 3.39. The normalized spacial score (nSPS) is 12.4. The Bertz CT molecular complexity index is 348. The third-order valence-electron chi connectivity index (χ3n) is 1.57. The third kappa shape index (κ3) is 3.01. The average molecular weight is 193 g/mol. The Hall–Kier alpha value is -1.65. The second-order valence-corrected chi connectivity index (χ2v) is 3.24. The molecule has 14 heavy (non-hydrogen) atoms. The van der Waals surface area contributed by atoms with Gasteiger partial charge in [0.25, 0.3) is 0 Å². The number of nitrogens with zero attached hydrogens (tertiary/aromatic N) is 5. The van der Waals surface area contributed by atoms with Crippen LogP contribution in [-0.4, -0.2) is 39.6 Å². The fourth-order valence-corrected chi connectivity index (χ4v) is 0.846. The molecule has 0 bridgehead atoms. The van der Waals surface area contributed by atoms with E-state index in [0.717, 1.165) is 11.5 Å². The molecule has 5 heteroatoms. The zero-order valence-corrected chi connectivity index (χ0v) is 8.97. The van der Waals surface area contributed by atoms with Crippen LogP contribution in [0.3, 0.4) is 0 Å². The first-order valence-electron chi connectivity index (χ1n) is 4.36. The number of aromatic nitrogens is 3. The van der Waals surface area contributed by atoms with Gasteiger partial charge in [-0.05, 0) is 19.9 Å². The number of rotatable bonds is 3. The number of allylic oxidation sites excluding steroid dienone is 1. The second kappa shape index (κ2) is 4.55. The lowest BCUT2D eigenvalue weighted by Gasteiger charge is -2.02. The van der Waals surface area contributed by atoms with Gasteiger partial charge in [-0.1, -0.05) is 0 Å². The van der Waals surface area contributed by atoms with Crippen molar-refractivity contribution in [1.82, 2.24) is 19.8 Å². The number of aryl methyl sites for hydroxylation is 1. The smallest absolute Gasteiger partial charge is 0.151 e. The van der Waals surface area contributed by atoms with Crippen LogP contribution < -0.4 is 0 Å². The van der Waals surface area contributed by atoms with Crippen LogP contribution in [0.25, 0.3) is 0 Å². The molecular weight excluding hydrogens is 178 g/mol. The van der Waals surface area contributed by atoms with E-state index in [0.29, 0.717) is 0 Å². The minimum absolute atomic E-state index is 0.780. The third-order valence-corrected chi connectivity index (χ3v) is 1.57. The fraction of sp³-hybridized carbons (Fsp3) is 0.444. The van der Waals surface area contributed by atoms with Crippen LogP contribution in [0.5, 0.6) is 0 Å². The summed E-state index contributed by atoms with van der Waals surface area (Å²) < 4.78 is 1.65. The van der Waals surface area contributed by atoms with Crippen LogP contribution in [0, 0.1) is 6.92 Å². The summed E-state index contributed by atoms with van der Waals surface area (Å²) >= 11 is 0. The lowest BCUT2D eigenvalue weighted by Crippen LogP contribution is -2.02. The highest BCUT2D eigenvalue weighted by Crippen LogP contribution is 1.93. The highest BCUT2D eigenvalue weighted by Gasteiger charge is 1.94. The topological polar surface area (TPSA) is 46.3 Å². The van der Waals surface area contributed by atoms with E-state index in [1.807, 2.05) is 45.1 Å². The first-order valence-corrected chi connectivity index (χ1v) is 4.36. The van der Waals surface area contributed by atoms with Gasteiger partial charge in [-0.25, -0.2) is 4.68 Å². The average Bonchev–Trinajstić information content (AvgIpc) is 2.49. The van der Waals surface area contributed by atoms with Crippen LogP contribution in [0.15, 0.2) is 23.7 Å². The van der Waals surface area contributed by atoms with Crippen molar-refractivity contribution < 1.29 is 0 Å². The first kappa shape index (κ1) is 10.4. The lowest BCUT2D eigenvalue weighted by atomic mass is 10.4. The van der Waals surface area contributed by atoms with Crippen LogP contribution in [-0.2, 0) is 0 Å². The minimum Gasteiger partial charge on any atom is -0.383 e. The van der Waals surface area contributed by atoms with Crippen LogP contribution in [0.1, 0.15) is 12.7 Å². The highest BCUT2D eigenvalue weighted by molar-refractivity contribution is 5.92. The Morgan fingerprint density at radius 1 is 1.57 bits per heavy atom. The molecule has 76 valence electrons. The summed E-state index contributed by atoms with van der Waals surface area (Å²) in [5.74, 6) is 0.780. The molecule has 1 rings (SSSR count). The van der Waals surface area contributed by atoms with Crippen molar-refractivity contribution in [1.29, 1.82) is 0 Å². The van der Waals surface area contributed by atoms with Crippen LogP contribution >= 0.6 is 0 Å². The largest absolute Gasteiger partial charge is 0.383 e. The maximum absolute atomic E-state index is 4.29. The molecule has 0 saturated carbocycles. The number of hydrogen-bond donors (Lipinski definition) is 0. The summed E-state index contributed by atoms with van der Waals surface area (Å²) in [6.45, 7) is 3.79. The standard InChI is InChI=1S/C9H15N5/c1-8(5-6-13(3)4)12-14-7-10-11-9(14)2/h5-7H,1-4H3/b6-5+,12-8+. The molecule has 0 fully saturated rings. The number of hydrogen-bond acceptors (Lipinski definition) is 4.